The predicted octanol–water partition coefficient (Wildman–Crippen LogP) is 2.91. The van der Waals surface area contributed by atoms with Gasteiger partial charge in [0.15, 0.2) is 0 Å². The Morgan fingerprint density at radius 2 is 2.04 bits per heavy atom. The standard InChI is InChI=1S/C16H25N3O4/c1-11(9-18-15(20)23-16(3,4)5)17-10-13-7-6-8-14(12(13)2)19(21)22/h6-8,11,17H,9-10H2,1-5H3,(H,18,20). The summed E-state index contributed by atoms with van der Waals surface area (Å²) in [6.45, 7) is 9.97. The molecule has 0 saturated carbocycles. The molecule has 0 aliphatic carbocycles. The molecule has 1 unspecified atom stereocenters. The van der Waals surface area contributed by atoms with Crippen molar-refractivity contribution in [1.29, 1.82) is 0 Å². The molecule has 128 valence electrons. The molecule has 0 spiro atoms. The first kappa shape index (κ1) is 18.9. The van der Waals surface area contributed by atoms with Gasteiger partial charge in [-0.05, 0) is 40.2 Å². The summed E-state index contributed by atoms with van der Waals surface area (Å²) in [5, 5.41) is 16.8. The highest BCUT2D eigenvalue weighted by molar-refractivity contribution is 5.67. The second-order valence-electron chi connectivity index (χ2n) is 6.48. The number of benzene rings is 1. The van der Waals surface area contributed by atoms with Gasteiger partial charge in [0.1, 0.15) is 5.60 Å². The maximum Gasteiger partial charge on any atom is 0.407 e. The third kappa shape index (κ3) is 6.65. The van der Waals surface area contributed by atoms with Crippen LogP contribution in [-0.2, 0) is 11.3 Å². The Morgan fingerprint density at radius 3 is 2.61 bits per heavy atom. The van der Waals surface area contributed by atoms with E-state index < -0.39 is 11.7 Å². The molecule has 0 radical (unpaired) electrons. The van der Waals surface area contributed by atoms with Gasteiger partial charge in [0, 0.05) is 30.8 Å². The zero-order valence-corrected chi connectivity index (χ0v) is 14.3. The van der Waals surface area contributed by atoms with Crippen molar-refractivity contribution in [3.8, 4) is 0 Å². The van der Waals surface area contributed by atoms with Crippen LogP contribution in [0.15, 0.2) is 18.2 Å². The van der Waals surface area contributed by atoms with E-state index in [9.17, 15) is 14.9 Å². The van der Waals surface area contributed by atoms with Crippen LogP contribution in [-0.4, -0.2) is 29.2 Å². The lowest BCUT2D eigenvalue weighted by Crippen LogP contribution is -2.41. The van der Waals surface area contributed by atoms with Gasteiger partial charge in [-0.1, -0.05) is 12.1 Å². The monoisotopic (exact) mass is 323 g/mol. The van der Waals surface area contributed by atoms with Gasteiger partial charge in [-0.25, -0.2) is 4.79 Å². The number of rotatable bonds is 6. The smallest absolute Gasteiger partial charge is 0.407 e. The minimum Gasteiger partial charge on any atom is -0.444 e. The van der Waals surface area contributed by atoms with Crippen LogP contribution >= 0.6 is 0 Å². The third-order valence-corrected chi connectivity index (χ3v) is 3.21. The van der Waals surface area contributed by atoms with E-state index in [0.717, 1.165) is 5.56 Å². The number of amides is 1. The van der Waals surface area contributed by atoms with Crippen LogP contribution in [0, 0.1) is 17.0 Å². The highest BCUT2D eigenvalue weighted by atomic mass is 16.6. The Morgan fingerprint density at radius 1 is 1.39 bits per heavy atom. The normalized spacial score (nSPS) is 12.6. The Hall–Kier alpha value is -2.15. The molecule has 0 heterocycles. The molecular weight excluding hydrogens is 298 g/mol. The van der Waals surface area contributed by atoms with Crippen molar-refractivity contribution in [1.82, 2.24) is 10.6 Å². The van der Waals surface area contributed by atoms with Crippen LogP contribution < -0.4 is 10.6 Å². The van der Waals surface area contributed by atoms with Crippen LogP contribution in [0.5, 0.6) is 0 Å². The zero-order valence-electron chi connectivity index (χ0n) is 14.3. The molecule has 0 fully saturated rings. The van der Waals surface area contributed by atoms with Crippen LogP contribution in [0.2, 0.25) is 0 Å². The van der Waals surface area contributed by atoms with Crippen LogP contribution in [0.1, 0.15) is 38.8 Å². The summed E-state index contributed by atoms with van der Waals surface area (Å²) in [4.78, 5) is 22.1. The molecule has 0 saturated heterocycles. The number of nitrogens with one attached hydrogen (secondary N) is 2. The molecule has 1 amide bonds. The van der Waals surface area contributed by atoms with E-state index in [0.29, 0.717) is 18.7 Å². The topological polar surface area (TPSA) is 93.5 Å². The molecule has 1 atom stereocenters. The van der Waals surface area contributed by atoms with E-state index in [2.05, 4.69) is 10.6 Å². The summed E-state index contributed by atoms with van der Waals surface area (Å²) in [6.07, 6.45) is -0.460. The Labute approximate surface area is 136 Å². The second kappa shape index (κ2) is 7.92. The zero-order chi connectivity index (χ0) is 17.6. The fourth-order valence-electron chi connectivity index (χ4n) is 1.97. The maximum atomic E-state index is 11.6. The second-order valence-corrected chi connectivity index (χ2v) is 6.48. The Kier molecular flexibility index (Phi) is 6.50. The van der Waals surface area contributed by atoms with Gasteiger partial charge in [-0.15, -0.1) is 0 Å². The summed E-state index contributed by atoms with van der Waals surface area (Å²) >= 11 is 0. The number of carbonyl (C=O) groups is 1. The molecule has 23 heavy (non-hydrogen) atoms. The lowest BCUT2D eigenvalue weighted by Gasteiger charge is -2.21. The van der Waals surface area contributed by atoms with Gasteiger partial charge in [0.2, 0.25) is 0 Å². The molecule has 0 aliphatic rings. The highest BCUT2D eigenvalue weighted by Crippen LogP contribution is 2.20. The average molecular weight is 323 g/mol. The number of nitro groups is 1. The number of hydrogen-bond acceptors (Lipinski definition) is 5. The lowest BCUT2D eigenvalue weighted by atomic mass is 10.1. The third-order valence-electron chi connectivity index (χ3n) is 3.21. The number of carbonyl (C=O) groups excluding carboxylic acids is 1. The molecule has 2 N–H and O–H groups in total. The molecule has 7 heteroatoms. The molecule has 1 rings (SSSR count). The van der Waals surface area contributed by atoms with Gasteiger partial charge in [0.25, 0.3) is 5.69 Å². The van der Waals surface area contributed by atoms with Gasteiger partial charge in [-0.3, -0.25) is 10.1 Å². The van der Waals surface area contributed by atoms with Crippen molar-refractivity contribution < 1.29 is 14.5 Å². The minimum absolute atomic E-state index is 0.00109. The number of ether oxygens (including phenoxy) is 1. The number of hydrogen-bond donors (Lipinski definition) is 2. The van der Waals surface area contributed by atoms with Crippen LogP contribution in [0.4, 0.5) is 10.5 Å². The Bertz CT molecular complexity index is 567. The van der Waals surface area contributed by atoms with Crippen LogP contribution in [0.25, 0.3) is 0 Å². The first-order valence-corrected chi connectivity index (χ1v) is 7.53. The van der Waals surface area contributed by atoms with E-state index in [4.69, 9.17) is 4.74 Å². The van der Waals surface area contributed by atoms with Crippen molar-refractivity contribution in [3.05, 3.63) is 39.4 Å². The van der Waals surface area contributed by atoms with E-state index in [1.54, 1.807) is 33.8 Å². The summed E-state index contributed by atoms with van der Waals surface area (Å²) in [5.74, 6) is 0. The van der Waals surface area contributed by atoms with E-state index in [1.165, 1.54) is 6.07 Å². The largest absolute Gasteiger partial charge is 0.444 e. The first-order chi connectivity index (χ1) is 10.6. The lowest BCUT2D eigenvalue weighted by molar-refractivity contribution is -0.385. The predicted molar refractivity (Wildman–Crippen MR) is 88.4 cm³/mol. The fraction of sp³-hybridized carbons (Fsp3) is 0.562. The van der Waals surface area contributed by atoms with Gasteiger partial charge < -0.3 is 15.4 Å². The van der Waals surface area contributed by atoms with Gasteiger partial charge in [-0.2, -0.15) is 0 Å². The van der Waals surface area contributed by atoms with Crippen molar-refractivity contribution >= 4 is 11.8 Å². The number of nitro benzene ring substituents is 1. The molecule has 1 aromatic carbocycles. The molecular formula is C16H25N3O4. The molecule has 0 aromatic heterocycles. The van der Waals surface area contributed by atoms with Crippen molar-refractivity contribution in [2.75, 3.05) is 6.54 Å². The average Bonchev–Trinajstić information content (AvgIpc) is 2.41. The molecule has 1 aromatic rings. The van der Waals surface area contributed by atoms with E-state index >= 15 is 0 Å². The molecule has 0 bridgehead atoms. The molecule has 7 nitrogen and oxygen atoms in total. The summed E-state index contributed by atoms with van der Waals surface area (Å²) in [7, 11) is 0. The fourth-order valence-corrected chi connectivity index (χ4v) is 1.97. The summed E-state index contributed by atoms with van der Waals surface area (Å²) in [5.41, 5.74) is 1.10. The maximum absolute atomic E-state index is 11.6. The van der Waals surface area contributed by atoms with Crippen molar-refractivity contribution in [2.24, 2.45) is 0 Å². The highest BCUT2D eigenvalue weighted by Gasteiger charge is 2.17. The minimum atomic E-state index is -0.527. The summed E-state index contributed by atoms with van der Waals surface area (Å²) in [6, 6.07) is 5.02. The Balaban J connectivity index is 2.48. The van der Waals surface area contributed by atoms with E-state index in [-0.39, 0.29) is 16.7 Å². The van der Waals surface area contributed by atoms with E-state index in [1.807, 2.05) is 13.0 Å². The van der Waals surface area contributed by atoms with Gasteiger partial charge >= 0.3 is 6.09 Å². The van der Waals surface area contributed by atoms with Crippen molar-refractivity contribution in [3.63, 3.8) is 0 Å². The van der Waals surface area contributed by atoms with Crippen molar-refractivity contribution in [2.45, 2.75) is 52.8 Å². The number of nitrogens with zero attached hydrogens (tertiary/aromatic N) is 1. The SMILES string of the molecule is Cc1c(CNC(C)CNC(=O)OC(C)(C)C)cccc1[N+](=O)[O-]. The first-order valence-electron chi connectivity index (χ1n) is 7.53. The number of alkyl carbamates (subject to hydrolysis) is 1. The van der Waals surface area contributed by atoms with Gasteiger partial charge in [0.05, 0.1) is 4.92 Å². The quantitative estimate of drug-likeness (QED) is 0.620. The van der Waals surface area contributed by atoms with Crippen LogP contribution in [0.3, 0.4) is 0 Å². The molecule has 0 aliphatic heterocycles. The summed E-state index contributed by atoms with van der Waals surface area (Å²) < 4.78 is 5.16.